The van der Waals surface area contributed by atoms with Crippen molar-refractivity contribution in [2.45, 2.75) is 32.9 Å². The van der Waals surface area contributed by atoms with Crippen LogP contribution in [0.15, 0.2) is 25.6 Å². The van der Waals surface area contributed by atoms with Crippen molar-refractivity contribution in [3.8, 4) is 11.7 Å². The van der Waals surface area contributed by atoms with E-state index in [0.29, 0.717) is 22.9 Å². The second kappa shape index (κ2) is 5.98. The van der Waals surface area contributed by atoms with Gasteiger partial charge in [0.2, 0.25) is 5.89 Å². The number of likely N-dealkylation sites (N-methyl/N-ethyl adjacent to an activating group) is 1. The van der Waals surface area contributed by atoms with Gasteiger partial charge in [0.25, 0.3) is 5.89 Å². The summed E-state index contributed by atoms with van der Waals surface area (Å²) in [6.45, 7) is 5.96. The van der Waals surface area contributed by atoms with Crippen LogP contribution in [0.1, 0.15) is 26.7 Å². The molecule has 0 radical (unpaired) electrons. The first-order valence-corrected chi connectivity index (χ1v) is 7.20. The van der Waals surface area contributed by atoms with E-state index in [0.717, 1.165) is 0 Å². The van der Waals surface area contributed by atoms with Crippen LogP contribution in [0.25, 0.3) is 11.7 Å². The molecule has 0 saturated heterocycles. The summed E-state index contributed by atoms with van der Waals surface area (Å²) in [5.41, 5.74) is -1.02. The van der Waals surface area contributed by atoms with Crippen molar-refractivity contribution in [3.63, 3.8) is 0 Å². The molecule has 8 heteroatoms. The lowest BCUT2D eigenvalue weighted by molar-refractivity contribution is -0.149. The summed E-state index contributed by atoms with van der Waals surface area (Å²) < 4.78 is 11.4. The van der Waals surface area contributed by atoms with Crippen LogP contribution in [0.3, 0.4) is 0 Å². The molecule has 0 atom stereocenters. The number of rotatable bonds is 6. The van der Waals surface area contributed by atoms with Crippen LogP contribution in [-0.4, -0.2) is 38.3 Å². The Kier molecular flexibility index (Phi) is 4.48. The number of carbonyl (C=O) groups is 1. The summed E-state index contributed by atoms with van der Waals surface area (Å²) in [6, 6.07) is 3.44. The zero-order valence-corrected chi connectivity index (χ0v) is 13.5. The fraction of sp³-hybridized carbons (Fsp3) is 0.462. The Morgan fingerprint density at radius 1 is 1.38 bits per heavy atom. The largest absolute Gasteiger partial charge is 0.480 e. The molecule has 114 valence electrons. The Morgan fingerprint density at radius 3 is 2.62 bits per heavy atom. The van der Waals surface area contributed by atoms with Crippen molar-refractivity contribution in [2.75, 3.05) is 6.54 Å². The summed E-state index contributed by atoms with van der Waals surface area (Å²) in [5.74, 6) is 0.161. The van der Waals surface area contributed by atoms with Gasteiger partial charge in [-0.15, -0.1) is 10.2 Å². The maximum absolute atomic E-state index is 11.3. The fourth-order valence-corrected chi connectivity index (χ4v) is 2.16. The van der Waals surface area contributed by atoms with Gasteiger partial charge in [0.15, 0.2) is 10.4 Å². The molecule has 0 saturated carbocycles. The third kappa shape index (κ3) is 3.33. The molecule has 0 unspecified atom stereocenters. The number of carboxylic acid groups (broad SMARTS) is 1. The minimum atomic E-state index is -1.02. The molecule has 2 heterocycles. The van der Waals surface area contributed by atoms with Gasteiger partial charge in [0.1, 0.15) is 5.54 Å². The van der Waals surface area contributed by atoms with Gasteiger partial charge in [-0.25, -0.2) is 0 Å². The zero-order chi connectivity index (χ0) is 15.6. The second-order valence-electron chi connectivity index (χ2n) is 4.98. The Balaban J connectivity index is 2.16. The van der Waals surface area contributed by atoms with Crippen LogP contribution < -0.4 is 0 Å². The average Bonchev–Trinajstić information content (AvgIpc) is 3.04. The van der Waals surface area contributed by atoms with Gasteiger partial charge in [0.05, 0.1) is 6.54 Å². The monoisotopic (exact) mass is 357 g/mol. The predicted octanol–water partition coefficient (Wildman–Crippen LogP) is 2.78. The molecule has 0 aliphatic heterocycles. The smallest absolute Gasteiger partial charge is 0.323 e. The van der Waals surface area contributed by atoms with Crippen LogP contribution in [0.4, 0.5) is 0 Å². The lowest BCUT2D eigenvalue weighted by atomic mass is 10.0. The summed E-state index contributed by atoms with van der Waals surface area (Å²) in [6.07, 6.45) is 0. The predicted molar refractivity (Wildman–Crippen MR) is 77.5 cm³/mol. The van der Waals surface area contributed by atoms with Crippen molar-refractivity contribution in [2.24, 2.45) is 0 Å². The minimum absolute atomic E-state index is 0.255. The van der Waals surface area contributed by atoms with Gasteiger partial charge in [-0.1, -0.05) is 6.92 Å². The zero-order valence-electron chi connectivity index (χ0n) is 12.0. The first-order valence-electron chi connectivity index (χ1n) is 6.41. The number of hydrogen-bond acceptors (Lipinski definition) is 6. The van der Waals surface area contributed by atoms with E-state index >= 15 is 0 Å². The van der Waals surface area contributed by atoms with E-state index in [1.165, 1.54) is 0 Å². The van der Waals surface area contributed by atoms with Gasteiger partial charge in [-0.2, -0.15) is 0 Å². The maximum Gasteiger partial charge on any atom is 0.323 e. The quantitative estimate of drug-likeness (QED) is 0.849. The number of furan rings is 1. The van der Waals surface area contributed by atoms with E-state index in [1.807, 2.05) is 6.92 Å². The van der Waals surface area contributed by atoms with E-state index in [1.54, 1.807) is 30.9 Å². The fourth-order valence-electron chi connectivity index (χ4n) is 1.85. The molecule has 2 aromatic rings. The Labute approximate surface area is 130 Å². The molecule has 0 fully saturated rings. The van der Waals surface area contributed by atoms with Crippen molar-refractivity contribution in [3.05, 3.63) is 22.7 Å². The Bertz CT molecular complexity index is 635. The molecule has 0 bridgehead atoms. The van der Waals surface area contributed by atoms with Crippen LogP contribution in [0.2, 0.25) is 0 Å². The van der Waals surface area contributed by atoms with Crippen LogP contribution in [0.5, 0.6) is 0 Å². The van der Waals surface area contributed by atoms with Crippen molar-refractivity contribution in [1.82, 2.24) is 15.1 Å². The van der Waals surface area contributed by atoms with Gasteiger partial charge in [0, 0.05) is 0 Å². The van der Waals surface area contributed by atoms with Crippen LogP contribution in [-0.2, 0) is 11.3 Å². The third-order valence-corrected chi connectivity index (χ3v) is 3.70. The number of nitrogens with zero attached hydrogens (tertiary/aromatic N) is 3. The third-order valence-electron chi connectivity index (χ3n) is 3.27. The number of aromatic nitrogens is 2. The second-order valence-corrected chi connectivity index (χ2v) is 5.76. The summed E-state index contributed by atoms with van der Waals surface area (Å²) in [4.78, 5) is 13.1. The highest BCUT2D eigenvalue weighted by Gasteiger charge is 2.34. The molecule has 21 heavy (non-hydrogen) atoms. The number of aliphatic carboxylic acids is 1. The molecule has 0 amide bonds. The molecular weight excluding hydrogens is 342 g/mol. The molecular formula is C13H16BrN3O4. The molecule has 0 aliphatic carbocycles. The minimum Gasteiger partial charge on any atom is -0.480 e. The summed E-state index contributed by atoms with van der Waals surface area (Å²) in [5, 5.41) is 17.1. The summed E-state index contributed by atoms with van der Waals surface area (Å²) in [7, 11) is 0. The van der Waals surface area contributed by atoms with Gasteiger partial charge in [-0.3, -0.25) is 9.69 Å². The Morgan fingerprint density at radius 2 is 2.10 bits per heavy atom. The average molecular weight is 358 g/mol. The van der Waals surface area contributed by atoms with E-state index in [2.05, 4.69) is 26.1 Å². The number of carboxylic acids is 1. The lowest BCUT2D eigenvalue weighted by Gasteiger charge is -2.32. The first kappa shape index (κ1) is 15.7. The first-order chi connectivity index (χ1) is 9.84. The van der Waals surface area contributed by atoms with E-state index in [9.17, 15) is 9.90 Å². The SMILES string of the molecule is CCN(Cc1nnc(-c2ccc(Br)o2)o1)C(C)(C)C(=O)O. The molecule has 0 spiro atoms. The molecule has 2 rings (SSSR count). The number of halogens is 1. The lowest BCUT2D eigenvalue weighted by Crippen LogP contribution is -2.49. The molecule has 0 aliphatic rings. The highest BCUT2D eigenvalue weighted by molar-refractivity contribution is 9.10. The van der Waals surface area contributed by atoms with Crippen LogP contribution in [0, 0.1) is 0 Å². The standard InChI is InChI=1S/C13H16BrN3O4/c1-4-17(13(2,3)12(18)19)7-10-15-16-11(21-10)8-5-6-9(14)20-8/h5-6H,4,7H2,1-3H3,(H,18,19). The van der Waals surface area contributed by atoms with E-state index in [4.69, 9.17) is 8.83 Å². The summed E-state index contributed by atoms with van der Waals surface area (Å²) >= 11 is 3.20. The van der Waals surface area contributed by atoms with Gasteiger partial charge < -0.3 is 13.9 Å². The van der Waals surface area contributed by atoms with Gasteiger partial charge in [-0.05, 0) is 48.5 Å². The molecule has 2 aromatic heterocycles. The van der Waals surface area contributed by atoms with E-state index in [-0.39, 0.29) is 12.4 Å². The van der Waals surface area contributed by atoms with Crippen LogP contribution >= 0.6 is 15.9 Å². The maximum atomic E-state index is 11.3. The van der Waals surface area contributed by atoms with Gasteiger partial charge >= 0.3 is 5.97 Å². The highest BCUT2D eigenvalue weighted by atomic mass is 79.9. The Hall–Kier alpha value is -1.67. The van der Waals surface area contributed by atoms with E-state index < -0.39 is 11.5 Å². The highest BCUT2D eigenvalue weighted by Crippen LogP contribution is 2.25. The number of hydrogen-bond donors (Lipinski definition) is 1. The van der Waals surface area contributed by atoms with Crippen molar-refractivity contribution < 1.29 is 18.7 Å². The molecule has 0 aromatic carbocycles. The normalized spacial score (nSPS) is 12.0. The van der Waals surface area contributed by atoms with Crippen molar-refractivity contribution in [1.29, 1.82) is 0 Å². The molecule has 1 N–H and O–H groups in total. The van der Waals surface area contributed by atoms with Crippen molar-refractivity contribution >= 4 is 21.9 Å². The molecule has 7 nitrogen and oxygen atoms in total. The topological polar surface area (TPSA) is 92.6 Å².